The lowest BCUT2D eigenvalue weighted by Gasteiger charge is -2.12. The molecule has 8 heteroatoms. The third-order valence-electron chi connectivity index (χ3n) is 5.39. The zero-order valence-electron chi connectivity index (χ0n) is 17.9. The summed E-state index contributed by atoms with van der Waals surface area (Å²) < 4.78 is 0.965. The monoisotopic (exact) mass is 456 g/mol. The molecule has 0 spiro atoms. The van der Waals surface area contributed by atoms with Gasteiger partial charge in [-0.15, -0.1) is 11.3 Å². The molecule has 0 fully saturated rings. The van der Waals surface area contributed by atoms with Crippen molar-refractivity contribution in [2.75, 3.05) is 19.4 Å². The first-order valence-corrected chi connectivity index (χ1v) is 11.0. The van der Waals surface area contributed by atoms with Gasteiger partial charge < -0.3 is 20.3 Å². The van der Waals surface area contributed by atoms with Crippen molar-refractivity contribution in [1.29, 1.82) is 0 Å². The highest BCUT2D eigenvalue weighted by Crippen LogP contribution is 2.35. The summed E-state index contributed by atoms with van der Waals surface area (Å²) >= 11 is 1.36. The number of rotatable bonds is 4. The Kier molecular flexibility index (Phi) is 5.07. The van der Waals surface area contributed by atoms with Gasteiger partial charge in [-0.2, -0.15) is 0 Å². The molecule has 0 bridgehead atoms. The number of anilines is 1. The topological polar surface area (TPSA) is 98.3 Å². The van der Waals surface area contributed by atoms with Crippen LogP contribution in [0.1, 0.15) is 20.0 Å². The van der Waals surface area contributed by atoms with Gasteiger partial charge in [0.1, 0.15) is 11.4 Å². The Bertz CT molecular complexity index is 1530. The van der Waals surface area contributed by atoms with E-state index in [-0.39, 0.29) is 23.3 Å². The molecule has 164 valence electrons. The first kappa shape index (κ1) is 20.7. The SMILES string of the molecule is CN(C)C(=O)c1ccc(O)c(NC(=O)c2cc3c(-c4cnc5[nH]ccc5c4)cccc3s2)c1. The molecule has 5 rings (SSSR count). The zero-order valence-corrected chi connectivity index (χ0v) is 18.7. The maximum atomic E-state index is 13.0. The highest BCUT2D eigenvalue weighted by atomic mass is 32.1. The van der Waals surface area contributed by atoms with Crippen LogP contribution < -0.4 is 5.32 Å². The quantitative estimate of drug-likeness (QED) is 0.328. The van der Waals surface area contributed by atoms with Crippen LogP contribution in [-0.2, 0) is 0 Å². The van der Waals surface area contributed by atoms with Gasteiger partial charge in [0.2, 0.25) is 0 Å². The number of aromatic amines is 1. The molecule has 0 atom stereocenters. The first-order valence-electron chi connectivity index (χ1n) is 10.2. The number of fused-ring (bicyclic) bond motifs is 2. The number of H-pyrrole nitrogens is 1. The maximum absolute atomic E-state index is 13.0. The number of aromatic nitrogens is 2. The predicted octanol–water partition coefficient (Wildman–Crippen LogP) is 5.10. The molecule has 3 aromatic heterocycles. The van der Waals surface area contributed by atoms with Crippen LogP contribution in [0, 0.1) is 0 Å². The number of benzene rings is 2. The molecule has 3 N–H and O–H groups in total. The lowest BCUT2D eigenvalue weighted by molar-refractivity contribution is 0.0827. The first-order chi connectivity index (χ1) is 15.9. The molecule has 7 nitrogen and oxygen atoms in total. The van der Waals surface area contributed by atoms with Gasteiger partial charge in [0.15, 0.2) is 0 Å². The number of aromatic hydroxyl groups is 1. The van der Waals surface area contributed by atoms with E-state index in [0.717, 1.165) is 32.2 Å². The van der Waals surface area contributed by atoms with Crippen LogP contribution in [-0.4, -0.2) is 45.9 Å². The fraction of sp³-hybridized carbons (Fsp3) is 0.0800. The number of hydrogen-bond donors (Lipinski definition) is 3. The van der Waals surface area contributed by atoms with Crippen LogP contribution in [0.2, 0.25) is 0 Å². The van der Waals surface area contributed by atoms with Crippen molar-refractivity contribution in [1.82, 2.24) is 14.9 Å². The highest BCUT2D eigenvalue weighted by molar-refractivity contribution is 7.21. The third kappa shape index (κ3) is 3.81. The summed E-state index contributed by atoms with van der Waals surface area (Å²) in [4.78, 5) is 34.8. The number of carbonyl (C=O) groups is 2. The summed E-state index contributed by atoms with van der Waals surface area (Å²) in [5.74, 6) is -0.678. The van der Waals surface area contributed by atoms with Gasteiger partial charge in [0.25, 0.3) is 11.8 Å². The lowest BCUT2D eigenvalue weighted by Crippen LogP contribution is -2.21. The van der Waals surface area contributed by atoms with E-state index >= 15 is 0 Å². The van der Waals surface area contributed by atoms with E-state index in [1.807, 2.05) is 42.7 Å². The number of phenols is 1. The van der Waals surface area contributed by atoms with Crippen LogP contribution in [0.25, 0.3) is 32.2 Å². The fourth-order valence-corrected chi connectivity index (χ4v) is 4.71. The number of hydrogen-bond acceptors (Lipinski definition) is 5. The summed E-state index contributed by atoms with van der Waals surface area (Å²) in [6.07, 6.45) is 3.67. The van der Waals surface area contributed by atoms with Crippen LogP contribution in [0.4, 0.5) is 5.69 Å². The van der Waals surface area contributed by atoms with Crippen molar-refractivity contribution in [3.8, 4) is 16.9 Å². The largest absolute Gasteiger partial charge is 0.506 e. The van der Waals surface area contributed by atoms with Crippen LogP contribution in [0.15, 0.2) is 67.0 Å². The molecule has 2 aromatic carbocycles. The summed E-state index contributed by atoms with van der Waals surface area (Å²) in [6.45, 7) is 0. The second kappa shape index (κ2) is 8.07. The minimum Gasteiger partial charge on any atom is -0.506 e. The van der Waals surface area contributed by atoms with E-state index < -0.39 is 0 Å². The molecule has 0 radical (unpaired) electrons. The minimum atomic E-state index is -0.355. The average molecular weight is 457 g/mol. The standard InChI is InChI=1S/C25H20N4O3S/c1-29(2)25(32)15-6-7-20(30)19(11-15)28-24(31)22-12-18-17(4-3-5-21(18)33-22)16-10-14-8-9-26-23(14)27-13-16/h3-13,30H,1-2H3,(H,26,27)(H,28,31). The molecule has 3 heterocycles. The summed E-state index contributed by atoms with van der Waals surface area (Å²) in [6, 6.07) is 16.2. The van der Waals surface area contributed by atoms with Crippen molar-refractivity contribution in [3.05, 3.63) is 77.4 Å². The van der Waals surface area contributed by atoms with Crippen LogP contribution in [0.3, 0.4) is 0 Å². The summed E-state index contributed by atoms with van der Waals surface area (Å²) in [5.41, 5.74) is 3.34. The number of amides is 2. The minimum absolute atomic E-state index is 0.105. The zero-order chi connectivity index (χ0) is 23.1. The molecular formula is C25H20N4O3S. The maximum Gasteiger partial charge on any atom is 0.265 e. The lowest BCUT2D eigenvalue weighted by atomic mass is 10.0. The summed E-state index contributed by atoms with van der Waals surface area (Å²) in [7, 11) is 3.29. The Morgan fingerprint density at radius 1 is 1.09 bits per heavy atom. The Balaban J connectivity index is 1.49. The van der Waals surface area contributed by atoms with E-state index in [1.54, 1.807) is 14.1 Å². The molecule has 0 saturated carbocycles. The second-order valence-corrected chi connectivity index (χ2v) is 8.94. The van der Waals surface area contributed by atoms with Gasteiger partial charge in [-0.05, 0) is 48.0 Å². The van der Waals surface area contributed by atoms with Gasteiger partial charge in [-0.3, -0.25) is 9.59 Å². The van der Waals surface area contributed by atoms with E-state index in [1.165, 1.54) is 34.4 Å². The molecule has 2 amide bonds. The van der Waals surface area contributed by atoms with Gasteiger partial charge in [0.05, 0.1) is 10.6 Å². The molecule has 0 aliphatic carbocycles. The number of nitrogens with one attached hydrogen (secondary N) is 2. The normalized spacial score (nSPS) is 11.1. The van der Waals surface area contributed by atoms with E-state index in [9.17, 15) is 14.7 Å². The van der Waals surface area contributed by atoms with Gasteiger partial charge >= 0.3 is 0 Å². The predicted molar refractivity (Wildman–Crippen MR) is 131 cm³/mol. The molecule has 0 aliphatic heterocycles. The third-order valence-corrected chi connectivity index (χ3v) is 6.49. The Morgan fingerprint density at radius 2 is 1.94 bits per heavy atom. The second-order valence-electron chi connectivity index (χ2n) is 7.85. The van der Waals surface area contributed by atoms with Crippen molar-refractivity contribution in [3.63, 3.8) is 0 Å². The smallest absolute Gasteiger partial charge is 0.265 e. The Hall–Kier alpha value is -4.17. The molecule has 33 heavy (non-hydrogen) atoms. The van der Waals surface area contributed by atoms with Crippen molar-refractivity contribution in [2.24, 2.45) is 0 Å². The molecule has 0 saturated heterocycles. The fourth-order valence-electron chi connectivity index (χ4n) is 3.72. The number of nitrogens with zero attached hydrogens (tertiary/aromatic N) is 2. The summed E-state index contributed by atoms with van der Waals surface area (Å²) in [5, 5.41) is 14.9. The molecule has 5 aromatic rings. The number of thiophene rings is 1. The Labute approximate surface area is 193 Å². The van der Waals surface area contributed by atoms with E-state index in [4.69, 9.17) is 0 Å². The van der Waals surface area contributed by atoms with Gasteiger partial charge in [-0.25, -0.2) is 4.98 Å². The number of pyridine rings is 1. The van der Waals surface area contributed by atoms with E-state index in [0.29, 0.717) is 10.4 Å². The van der Waals surface area contributed by atoms with Crippen molar-refractivity contribution < 1.29 is 14.7 Å². The Morgan fingerprint density at radius 3 is 2.76 bits per heavy atom. The van der Waals surface area contributed by atoms with Crippen LogP contribution >= 0.6 is 11.3 Å². The van der Waals surface area contributed by atoms with E-state index in [2.05, 4.69) is 21.4 Å². The average Bonchev–Trinajstić information content (AvgIpc) is 3.46. The molecular weight excluding hydrogens is 436 g/mol. The molecule has 0 aliphatic rings. The van der Waals surface area contributed by atoms with Gasteiger partial charge in [-0.1, -0.05) is 12.1 Å². The number of carbonyl (C=O) groups excluding carboxylic acids is 2. The highest BCUT2D eigenvalue weighted by Gasteiger charge is 2.17. The van der Waals surface area contributed by atoms with Crippen molar-refractivity contribution in [2.45, 2.75) is 0 Å². The van der Waals surface area contributed by atoms with Crippen molar-refractivity contribution >= 4 is 50.0 Å². The van der Waals surface area contributed by atoms with Gasteiger partial charge in [0, 0.05) is 53.1 Å². The number of phenolic OH excluding ortho intramolecular Hbond substituents is 1. The van der Waals surface area contributed by atoms with Crippen LogP contribution in [0.5, 0.6) is 5.75 Å². The molecule has 0 unspecified atom stereocenters.